The van der Waals surface area contributed by atoms with Gasteiger partial charge in [0.25, 0.3) is 5.69 Å². The average Bonchev–Trinajstić information content (AvgIpc) is 2.28. The van der Waals surface area contributed by atoms with E-state index in [4.69, 9.17) is 0 Å². The topological polar surface area (TPSA) is 67.2 Å². The molecule has 0 aliphatic rings. The van der Waals surface area contributed by atoms with Crippen LogP contribution in [-0.2, 0) is 0 Å². The summed E-state index contributed by atoms with van der Waals surface area (Å²) in [7, 11) is 0. The van der Waals surface area contributed by atoms with Crippen LogP contribution in [0.25, 0.3) is 0 Å². The van der Waals surface area contributed by atoms with E-state index in [1.54, 1.807) is 12.1 Å². The molecule has 17 heavy (non-hydrogen) atoms. The minimum Gasteiger partial charge on any atom is -0.379 e. The van der Waals surface area contributed by atoms with Gasteiger partial charge in [-0.2, -0.15) is 0 Å². The highest BCUT2D eigenvalue weighted by atomic mass is 16.6. The largest absolute Gasteiger partial charge is 0.379 e. The third-order valence-electron chi connectivity index (χ3n) is 2.44. The lowest BCUT2D eigenvalue weighted by molar-refractivity contribution is -0.384. The first-order valence-corrected chi connectivity index (χ1v) is 5.84. The van der Waals surface area contributed by atoms with Crippen LogP contribution in [0.3, 0.4) is 0 Å². The summed E-state index contributed by atoms with van der Waals surface area (Å²) in [6.07, 6.45) is 0.943. The Labute approximate surface area is 101 Å². The smallest absolute Gasteiger partial charge is 0.292 e. The number of nitro benzene ring substituents is 1. The normalized spacial score (nSPS) is 10.2. The minimum absolute atomic E-state index is 0.138. The number of nitrogens with zero attached hydrogens (tertiary/aromatic N) is 1. The van der Waals surface area contributed by atoms with Gasteiger partial charge in [0, 0.05) is 12.6 Å². The summed E-state index contributed by atoms with van der Waals surface area (Å²) >= 11 is 0. The van der Waals surface area contributed by atoms with E-state index in [0.717, 1.165) is 31.6 Å². The standard InChI is InChI=1S/C12H19N3O2/c1-3-13-7-4-8-14-11-9-10(2)5-6-12(11)15(16)17/h5-6,9,13-14H,3-4,7-8H2,1-2H3. The van der Waals surface area contributed by atoms with E-state index in [9.17, 15) is 10.1 Å². The third-order valence-corrected chi connectivity index (χ3v) is 2.44. The van der Waals surface area contributed by atoms with E-state index in [2.05, 4.69) is 17.6 Å². The minimum atomic E-state index is -0.355. The first-order chi connectivity index (χ1) is 8.15. The maximum atomic E-state index is 10.8. The molecule has 1 aromatic rings. The molecule has 1 aromatic carbocycles. The maximum Gasteiger partial charge on any atom is 0.292 e. The Morgan fingerprint density at radius 1 is 1.35 bits per heavy atom. The molecule has 0 saturated heterocycles. The molecular weight excluding hydrogens is 218 g/mol. The highest BCUT2D eigenvalue weighted by molar-refractivity contribution is 5.62. The lowest BCUT2D eigenvalue weighted by Gasteiger charge is -2.08. The first-order valence-electron chi connectivity index (χ1n) is 5.84. The van der Waals surface area contributed by atoms with Crippen LogP contribution in [0.2, 0.25) is 0 Å². The van der Waals surface area contributed by atoms with Crippen molar-refractivity contribution in [1.29, 1.82) is 0 Å². The molecule has 0 bridgehead atoms. The molecule has 0 amide bonds. The summed E-state index contributed by atoms with van der Waals surface area (Å²) in [5.41, 5.74) is 1.76. The summed E-state index contributed by atoms with van der Waals surface area (Å²) in [4.78, 5) is 10.5. The van der Waals surface area contributed by atoms with Crippen molar-refractivity contribution in [2.75, 3.05) is 25.0 Å². The number of hydrogen-bond acceptors (Lipinski definition) is 4. The van der Waals surface area contributed by atoms with Crippen molar-refractivity contribution in [3.05, 3.63) is 33.9 Å². The van der Waals surface area contributed by atoms with Gasteiger partial charge in [-0.05, 0) is 38.1 Å². The van der Waals surface area contributed by atoms with Crippen LogP contribution in [0.4, 0.5) is 11.4 Å². The van der Waals surface area contributed by atoms with Crippen LogP contribution in [-0.4, -0.2) is 24.6 Å². The monoisotopic (exact) mass is 237 g/mol. The van der Waals surface area contributed by atoms with Gasteiger partial charge in [-0.15, -0.1) is 0 Å². The molecule has 0 fully saturated rings. The van der Waals surface area contributed by atoms with E-state index >= 15 is 0 Å². The van der Waals surface area contributed by atoms with Crippen LogP contribution in [0.1, 0.15) is 18.9 Å². The fourth-order valence-corrected chi connectivity index (χ4v) is 1.56. The van der Waals surface area contributed by atoms with Crippen molar-refractivity contribution >= 4 is 11.4 Å². The third kappa shape index (κ3) is 4.40. The average molecular weight is 237 g/mol. The number of anilines is 1. The molecule has 0 aliphatic heterocycles. The Balaban J connectivity index is 2.56. The predicted molar refractivity (Wildman–Crippen MR) is 69.5 cm³/mol. The van der Waals surface area contributed by atoms with Gasteiger partial charge in [-0.25, -0.2) is 0 Å². The second kappa shape index (κ2) is 6.85. The van der Waals surface area contributed by atoms with E-state index in [-0.39, 0.29) is 10.6 Å². The van der Waals surface area contributed by atoms with Crippen LogP contribution >= 0.6 is 0 Å². The maximum absolute atomic E-state index is 10.8. The molecule has 5 heteroatoms. The van der Waals surface area contributed by atoms with Gasteiger partial charge >= 0.3 is 0 Å². The number of benzene rings is 1. The summed E-state index contributed by atoms with van der Waals surface area (Å²) in [5.74, 6) is 0. The number of nitro groups is 1. The summed E-state index contributed by atoms with van der Waals surface area (Å²) in [6, 6.07) is 5.11. The van der Waals surface area contributed by atoms with Crippen LogP contribution in [0, 0.1) is 17.0 Å². The van der Waals surface area contributed by atoms with Crippen LogP contribution in [0.15, 0.2) is 18.2 Å². The second-order valence-corrected chi connectivity index (χ2v) is 3.91. The molecule has 0 spiro atoms. The van der Waals surface area contributed by atoms with E-state index in [0.29, 0.717) is 5.69 Å². The Bertz CT molecular complexity index is 380. The quantitative estimate of drug-likeness (QED) is 0.434. The number of rotatable bonds is 7. The lowest BCUT2D eigenvalue weighted by Crippen LogP contribution is -2.17. The number of nitrogens with one attached hydrogen (secondary N) is 2. The number of aryl methyl sites for hydroxylation is 1. The molecular formula is C12H19N3O2. The lowest BCUT2D eigenvalue weighted by atomic mass is 10.2. The molecule has 0 aliphatic carbocycles. The Kier molecular flexibility index (Phi) is 5.42. The molecule has 0 aromatic heterocycles. The molecule has 1 rings (SSSR count). The van der Waals surface area contributed by atoms with Crippen molar-refractivity contribution < 1.29 is 4.92 Å². The fraction of sp³-hybridized carbons (Fsp3) is 0.500. The van der Waals surface area contributed by atoms with Crippen molar-refractivity contribution in [3.63, 3.8) is 0 Å². The van der Waals surface area contributed by atoms with Gasteiger partial charge in [0.15, 0.2) is 0 Å². The summed E-state index contributed by atoms with van der Waals surface area (Å²) < 4.78 is 0. The predicted octanol–water partition coefficient (Wildman–Crippen LogP) is 2.31. The SMILES string of the molecule is CCNCCCNc1cc(C)ccc1[N+](=O)[O-]. The highest BCUT2D eigenvalue weighted by Crippen LogP contribution is 2.24. The van der Waals surface area contributed by atoms with Crippen LogP contribution in [0.5, 0.6) is 0 Å². The Hall–Kier alpha value is -1.62. The highest BCUT2D eigenvalue weighted by Gasteiger charge is 2.12. The van der Waals surface area contributed by atoms with E-state index < -0.39 is 0 Å². The molecule has 0 unspecified atom stereocenters. The van der Waals surface area contributed by atoms with Gasteiger partial charge < -0.3 is 10.6 Å². The fourth-order valence-electron chi connectivity index (χ4n) is 1.56. The Morgan fingerprint density at radius 2 is 2.12 bits per heavy atom. The van der Waals surface area contributed by atoms with Crippen molar-refractivity contribution in [1.82, 2.24) is 5.32 Å². The van der Waals surface area contributed by atoms with Gasteiger partial charge in [-0.1, -0.05) is 13.0 Å². The Morgan fingerprint density at radius 3 is 2.76 bits per heavy atom. The molecule has 94 valence electrons. The molecule has 0 radical (unpaired) electrons. The number of hydrogen-bond donors (Lipinski definition) is 2. The van der Waals surface area contributed by atoms with E-state index in [1.807, 2.05) is 13.0 Å². The van der Waals surface area contributed by atoms with Gasteiger partial charge in [0.1, 0.15) is 5.69 Å². The van der Waals surface area contributed by atoms with Gasteiger partial charge in [0.2, 0.25) is 0 Å². The second-order valence-electron chi connectivity index (χ2n) is 3.91. The summed E-state index contributed by atoms with van der Waals surface area (Å²) in [5, 5.41) is 17.1. The van der Waals surface area contributed by atoms with Gasteiger partial charge in [0.05, 0.1) is 4.92 Å². The van der Waals surface area contributed by atoms with Crippen LogP contribution < -0.4 is 10.6 Å². The van der Waals surface area contributed by atoms with Crippen molar-refractivity contribution in [3.8, 4) is 0 Å². The molecule has 0 heterocycles. The molecule has 2 N–H and O–H groups in total. The summed E-state index contributed by atoms with van der Waals surface area (Å²) in [6.45, 7) is 6.58. The first kappa shape index (κ1) is 13.4. The zero-order valence-electron chi connectivity index (χ0n) is 10.3. The van der Waals surface area contributed by atoms with Crippen molar-refractivity contribution in [2.45, 2.75) is 20.3 Å². The molecule has 5 nitrogen and oxygen atoms in total. The van der Waals surface area contributed by atoms with Crippen molar-refractivity contribution in [2.24, 2.45) is 0 Å². The van der Waals surface area contributed by atoms with E-state index in [1.165, 1.54) is 0 Å². The molecule has 0 saturated carbocycles. The van der Waals surface area contributed by atoms with Gasteiger partial charge in [-0.3, -0.25) is 10.1 Å². The molecule has 0 atom stereocenters. The zero-order valence-corrected chi connectivity index (χ0v) is 10.3. The zero-order chi connectivity index (χ0) is 12.7.